The number of aromatic nitrogens is 4. The molecule has 0 N–H and O–H groups in total. The number of pyridine rings is 2. The summed E-state index contributed by atoms with van der Waals surface area (Å²) in [7, 11) is 0. The molecular formula is C35H29N5O. The fourth-order valence-corrected chi connectivity index (χ4v) is 5.35. The van der Waals surface area contributed by atoms with Gasteiger partial charge < -0.3 is 4.74 Å². The summed E-state index contributed by atoms with van der Waals surface area (Å²) < 4.78 is 8.47. The predicted octanol–water partition coefficient (Wildman–Crippen LogP) is 8.99. The lowest BCUT2D eigenvalue weighted by molar-refractivity contribution is 0.483. The molecule has 0 fully saturated rings. The summed E-state index contributed by atoms with van der Waals surface area (Å²) in [6, 6.07) is 37.2. The van der Waals surface area contributed by atoms with Crippen LogP contribution in [-0.2, 0) is 5.41 Å². The van der Waals surface area contributed by atoms with Crippen LogP contribution in [0, 0.1) is 0 Å². The first-order chi connectivity index (χ1) is 20.0. The summed E-state index contributed by atoms with van der Waals surface area (Å²) in [6.45, 7) is 6.67. The van der Waals surface area contributed by atoms with Crippen LogP contribution in [0.25, 0.3) is 27.3 Å². The number of fused-ring (bicyclic) bond motifs is 6. The molecule has 0 saturated heterocycles. The van der Waals surface area contributed by atoms with E-state index in [2.05, 4.69) is 95.4 Å². The molecule has 4 aromatic carbocycles. The van der Waals surface area contributed by atoms with E-state index in [1.807, 2.05) is 65.2 Å². The van der Waals surface area contributed by atoms with Crippen molar-refractivity contribution in [1.29, 1.82) is 0 Å². The van der Waals surface area contributed by atoms with Crippen molar-refractivity contribution < 1.29 is 4.74 Å². The Labute approximate surface area is 238 Å². The summed E-state index contributed by atoms with van der Waals surface area (Å²) in [5, 5.41) is 11.8. The number of hydrogen-bond donors (Lipinski definition) is 0. The summed E-state index contributed by atoms with van der Waals surface area (Å²) >= 11 is 0. The number of hydrogen-bond acceptors (Lipinski definition) is 5. The minimum absolute atomic E-state index is 0.0757. The molecular weight excluding hydrogens is 506 g/mol. The molecule has 3 heterocycles. The van der Waals surface area contributed by atoms with Gasteiger partial charge in [-0.05, 0) is 77.0 Å². The van der Waals surface area contributed by atoms with E-state index in [9.17, 15) is 0 Å². The molecule has 41 heavy (non-hydrogen) atoms. The van der Waals surface area contributed by atoms with Crippen molar-refractivity contribution in [3.05, 3.63) is 127 Å². The van der Waals surface area contributed by atoms with Gasteiger partial charge in [-0.3, -0.25) is 9.30 Å². The van der Waals surface area contributed by atoms with Gasteiger partial charge in [0.1, 0.15) is 23.6 Å². The van der Waals surface area contributed by atoms with Gasteiger partial charge in [0.05, 0.1) is 11.2 Å². The Bertz CT molecular complexity index is 2010. The van der Waals surface area contributed by atoms with E-state index in [0.717, 1.165) is 56.0 Å². The normalized spacial score (nSPS) is 11.8. The monoisotopic (exact) mass is 535 g/mol. The van der Waals surface area contributed by atoms with E-state index in [1.165, 1.54) is 5.56 Å². The van der Waals surface area contributed by atoms with Crippen molar-refractivity contribution in [2.45, 2.75) is 26.2 Å². The maximum Gasteiger partial charge on any atom is 0.169 e. The van der Waals surface area contributed by atoms with Gasteiger partial charge in [-0.25, -0.2) is 4.98 Å². The Morgan fingerprint density at radius 3 is 2.29 bits per heavy atom. The van der Waals surface area contributed by atoms with Crippen molar-refractivity contribution in [2.24, 2.45) is 0 Å². The predicted molar refractivity (Wildman–Crippen MR) is 166 cm³/mol. The van der Waals surface area contributed by atoms with Gasteiger partial charge in [-0.2, -0.15) is 0 Å². The topological polar surface area (TPSA) is 55.6 Å². The van der Waals surface area contributed by atoms with Crippen molar-refractivity contribution >= 4 is 44.5 Å². The molecule has 3 aromatic heterocycles. The highest BCUT2D eigenvalue weighted by Gasteiger charge is 2.18. The molecule has 0 aliphatic rings. The first kappa shape index (κ1) is 24.8. The molecule has 6 heteroatoms. The number of nitrogens with zero attached hydrogens (tertiary/aromatic N) is 5. The molecule has 0 unspecified atom stereocenters. The molecule has 0 amide bonds. The fourth-order valence-electron chi connectivity index (χ4n) is 5.35. The smallest absolute Gasteiger partial charge is 0.169 e. The zero-order chi connectivity index (χ0) is 28.0. The third-order valence-electron chi connectivity index (χ3n) is 7.41. The standard InChI is InChI=1S/C35H29N5O/c1-35(2,3)24-14-16-25(17-15-24)40(33-13-6-7-20-36-33)26-9-8-10-27(21-26)41-28-18-19-29-30-11-4-5-12-32(30)39-23-37-38-34(39)31(29)22-28/h4-23H,1-3H3. The van der Waals surface area contributed by atoms with Crippen molar-refractivity contribution in [2.75, 3.05) is 4.90 Å². The second-order valence-electron chi connectivity index (χ2n) is 11.2. The molecule has 0 aliphatic heterocycles. The summed E-state index contributed by atoms with van der Waals surface area (Å²) in [5.41, 5.74) is 5.22. The molecule has 7 aromatic rings. The first-order valence-electron chi connectivity index (χ1n) is 13.7. The highest BCUT2D eigenvalue weighted by atomic mass is 16.5. The molecule has 0 spiro atoms. The lowest BCUT2D eigenvalue weighted by Gasteiger charge is -2.26. The van der Waals surface area contributed by atoms with Crippen LogP contribution in [0.2, 0.25) is 0 Å². The van der Waals surface area contributed by atoms with Crippen LogP contribution in [0.5, 0.6) is 11.5 Å². The van der Waals surface area contributed by atoms with Gasteiger partial charge in [0, 0.05) is 28.7 Å². The SMILES string of the molecule is CC(C)(C)c1ccc(N(c2cccc(Oc3ccc4c5ccccc5n5cnnc5c4c3)c2)c2ccccn2)cc1. The Hall–Kier alpha value is -5.23. The minimum Gasteiger partial charge on any atom is -0.457 e. The van der Waals surface area contributed by atoms with Gasteiger partial charge in [-0.1, -0.05) is 63.2 Å². The summed E-state index contributed by atoms with van der Waals surface area (Å²) in [6.07, 6.45) is 3.57. The van der Waals surface area contributed by atoms with Crippen molar-refractivity contribution in [3.8, 4) is 11.5 Å². The maximum atomic E-state index is 6.45. The van der Waals surface area contributed by atoms with Crippen LogP contribution in [0.4, 0.5) is 17.2 Å². The van der Waals surface area contributed by atoms with Crippen LogP contribution in [-0.4, -0.2) is 19.6 Å². The lowest BCUT2D eigenvalue weighted by Crippen LogP contribution is -2.13. The molecule has 0 radical (unpaired) electrons. The maximum absolute atomic E-state index is 6.45. The number of benzene rings is 4. The lowest BCUT2D eigenvalue weighted by atomic mass is 9.87. The molecule has 0 aliphatic carbocycles. The van der Waals surface area contributed by atoms with E-state index >= 15 is 0 Å². The quantitative estimate of drug-likeness (QED) is 0.206. The van der Waals surface area contributed by atoms with Gasteiger partial charge in [0.2, 0.25) is 0 Å². The summed E-state index contributed by atoms with van der Waals surface area (Å²) in [4.78, 5) is 6.81. The second-order valence-corrected chi connectivity index (χ2v) is 11.2. The third-order valence-corrected chi connectivity index (χ3v) is 7.41. The minimum atomic E-state index is 0.0757. The van der Waals surface area contributed by atoms with Gasteiger partial charge in [-0.15, -0.1) is 10.2 Å². The van der Waals surface area contributed by atoms with Gasteiger partial charge in [0.15, 0.2) is 5.65 Å². The molecule has 0 saturated carbocycles. The molecule has 7 rings (SSSR count). The number of rotatable bonds is 5. The Balaban J connectivity index is 1.28. The number of anilines is 3. The van der Waals surface area contributed by atoms with E-state index in [1.54, 1.807) is 6.33 Å². The Kier molecular flexibility index (Phi) is 5.89. The molecule has 0 bridgehead atoms. The highest BCUT2D eigenvalue weighted by molar-refractivity contribution is 6.11. The Morgan fingerprint density at radius 2 is 1.49 bits per heavy atom. The van der Waals surface area contributed by atoms with Crippen molar-refractivity contribution in [1.82, 2.24) is 19.6 Å². The molecule has 6 nitrogen and oxygen atoms in total. The van der Waals surface area contributed by atoms with Crippen LogP contribution < -0.4 is 9.64 Å². The van der Waals surface area contributed by atoms with E-state index < -0.39 is 0 Å². The van der Waals surface area contributed by atoms with Crippen molar-refractivity contribution in [3.63, 3.8) is 0 Å². The average molecular weight is 536 g/mol. The summed E-state index contributed by atoms with van der Waals surface area (Å²) in [5.74, 6) is 2.29. The number of para-hydroxylation sites is 1. The van der Waals surface area contributed by atoms with E-state index in [0.29, 0.717) is 0 Å². The van der Waals surface area contributed by atoms with Gasteiger partial charge >= 0.3 is 0 Å². The zero-order valence-corrected chi connectivity index (χ0v) is 23.2. The van der Waals surface area contributed by atoms with Gasteiger partial charge in [0.25, 0.3) is 0 Å². The van der Waals surface area contributed by atoms with Crippen LogP contribution >= 0.6 is 0 Å². The average Bonchev–Trinajstić information content (AvgIpc) is 3.49. The fraction of sp³-hybridized carbons (Fsp3) is 0.114. The zero-order valence-electron chi connectivity index (χ0n) is 23.2. The molecule has 200 valence electrons. The number of ether oxygens (including phenoxy) is 1. The van der Waals surface area contributed by atoms with E-state index in [-0.39, 0.29) is 5.41 Å². The van der Waals surface area contributed by atoms with Crippen LogP contribution in [0.3, 0.4) is 0 Å². The van der Waals surface area contributed by atoms with Crippen LogP contribution in [0.1, 0.15) is 26.3 Å². The largest absolute Gasteiger partial charge is 0.457 e. The first-order valence-corrected chi connectivity index (χ1v) is 13.7. The van der Waals surface area contributed by atoms with E-state index in [4.69, 9.17) is 4.74 Å². The second kappa shape index (κ2) is 9.75. The highest BCUT2D eigenvalue weighted by Crippen LogP contribution is 2.38. The molecule has 0 atom stereocenters. The Morgan fingerprint density at radius 1 is 0.683 bits per heavy atom. The van der Waals surface area contributed by atoms with Crippen LogP contribution in [0.15, 0.2) is 122 Å². The third kappa shape index (κ3) is 4.53.